The molecule has 1 aromatic rings. The lowest BCUT2D eigenvalue weighted by Crippen LogP contribution is -3.00. The number of aryl methyl sites for hydroxylation is 2. The molecule has 0 bridgehead atoms. The van der Waals surface area contributed by atoms with Crippen LogP contribution in [0.2, 0.25) is 0 Å². The maximum atomic E-state index is 8.70. The Morgan fingerprint density at radius 3 is 2.19 bits per heavy atom. The Kier molecular flexibility index (Phi) is 13.9. The fourth-order valence-electron chi connectivity index (χ4n) is 2.62. The van der Waals surface area contributed by atoms with Crippen molar-refractivity contribution in [3.63, 3.8) is 0 Å². The highest BCUT2D eigenvalue weighted by Crippen LogP contribution is 2.08. The Bertz CT molecular complexity index is 344. The highest BCUT2D eigenvalue weighted by molar-refractivity contribution is 5.04. The molecule has 0 saturated heterocycles. The van der Waals surface area contributed by atoms with Gasteiger partial charge in [0.2, 0.25) is 0 Å². The van der Waals surface area contributed by atoms with Crippen molar-refractivity contribution in [2.75, 3.05) is 6.61 Å². The van der Waals surface area contributed by atoms with E-state index in [1.165, 1.54) is 63.4 Å². The lowest BCUT2D eigenvalue weighted by molar-refractivity contribution is -0.697. The van der Waals surface area contributed by atoms with Crippen LogP contribution in [0.15, 0.2) is 24.5 Å². The van der Waals surface area contributed by atoms with Gasteiger partial charge in [-0.15, -0.1) is 0 Å². The van der Waals surface area contributed by atoms with Crippen LogP contribution in [0.3, 0.4) is 0 Å². The van der Waals surface area contributed by atoms with Gasteiger partial charge < -0.3 is 17.5 Å². The van der Waals surface area contributed by atoms with E-state index >= 15 is 0 Å². The minimum atomic E-state index is 0. The van der Waals surface area contributed by atoms with E-state index in [-0.39, 0.29) is 12.4 Å². The van der Waals surface area contributed by atoms with Crippen LogP contribution in [0.25, 0.3) is 0 Å². The summed E-state index contributed by atoms with van der Waals surface area (Å²) in [5, 5.41) is 8.70. The van der Waals surface area contributed by atoms with Crippen LogP contribution in [0.5, 0.6) is 0 Å². The Hall–Kier alpha value is -0.600. The normalized spacial score (nSPS) is 10.4. The van der Waals surface area contributed by atoms with Gasteiger partial charge in [-0.3, -0.25) is 0 Å². The molecular weight excluding hydrogens is 282 g/mol. The van der Waals surface area contributed by atoms with E-state index in [4.69, 9.17) is 5.11 Å². The molecule has 0 aromatic carbocycles. The Labute approximate surface area is 137 Å². The number of nitrogens with zero attached hydrogens (tertiary/aromatic N) is 1. The summed E-state index contributed by atoms with van der Waals surface area (Å²) < 4.78 is 2.34. The predicted molar refractivity (Wildman–Crippen MR) is 84.7 cm³/mol. The van der Waals surface area contributed by atoms with Gasteiger partial charge in [-0.2, -0.15) is 0 Å². The molecule has 0 unspecified atom stereocenters. The summed E-state index contributed by atoms with van der Waals surface area (Å²) in [6, 6.07) is 4.40. The number of hydrogen-bond acceptors (Lipinski definition) is 1. The van der Waals surface area contributed by atoms with E-state index in [1.54, 1.807) is 0 Å². The number of pyridine rings is 1. The number of aliphatic hydroxyl groups is 1. The molecule has 3 heteroatoms. The maximum absolute atomic E-state index is 8.70. The monoisotopic (exact) mass is 313 g/mol. The zero-order valence-electron chi connectivity index (χ0n) is 13.6. The van der Waals surface area contributed by atoms with Gasteiger partial charge >= 0.3 is 0 Å². The molecule has 0 radical (unpaired) electrons. The molecule has 2 nitrogen and oxygen atoms in total. The fourth-order valence-corrected chi connectivity index (χ4v) is 2.62. The van der Waals surface area contributed by atoms with Crippen molar-refractivity contribution in [2.45, 2.75) is 77.7 Å². The van der Waals surface area contributed by atoms with Gasteiger partial charge in [-0.05, 0) is 25.3 Å². The van der Waals surface area contributed by atoms with Crippen molar-refractivity contribution < 1.29 is 22.1 Å². The van der Waals surface area contributed by atoms with Gasteiger partial charge in [-0.25, -0.2) is 4.57 Å². The first-order chi connectivity index (χ1) is 9.86. The summed E-state index contributed by atoms with van der Waals surface area (Å²) in [4.78, 5) is 0. The van der Waals surface area contributed by atoms with E-state index in [0.717, 1.165) is 13.0 Å². The highest BCUT2D eigenvalue weighted by atomic mass is 35.5. The SMILES string of the molecule is CCCc1ccc[n+](CCCCCCCCCCO)c1.[Cl-]. The van der Waals surface area contributed by atoms with Crippen molar-refractivity contribution in [3.8, 4) is 0 Å². The van der Waals surface area contributed by atoms with E-state index in [1.807, 2.05) is 0 Å². The Balaban J connectivity index is 0.00000400. The van der Waals surface area contributed by atoms with Crippen LogP contribution in [0.4, 0.5) is 0 Å². The molecule has 0 atom stereocenters. The number of aliphatic hydroxyl groups excluding tert-OH is 1. The number of rotatable bonds is 12. The van der Waals surface area contributed by atoms with E-state index in [2.05, 4.69) is 36.0 Å². The second-order valence-electron chi connectivity index (χ2n) is 5.75. The zero-order chi connectivity index (χ0) is 14.5. The third-order valence-electron chi connectivity index (χ3n) is 3.78. The standard InChI is InChI=1S/C18H32NO.ClH/c1-2-12-18-13-11-15-19(17-18)14-9-7-5-3-4-6-8-10-16-20;/h11,13,15,17,20H,2-10,12,14,16H2,1H3;1H/q+1;/p-1. The third kappa shape index (κ3) is 10.7. The fraction of sp³-hybridized carbons (Fsp3) is 0.722. The first-order valence-electron chi connectivity index (χ1n) is 8.45. The van der Waals surface area contributed by atoms with Crippen molar-refractivity contribution >= 4 is 0 Å². The summed E-state index contributed by atoms with van der Waals surface area (Å²) in [6.07, 6.45) is 17.0. The van der Waals surface area contributed by atoms with Crippen molar-refractivity contribution in [1.29, 1.82) is 0 Å². The molecule has 0 fully saturated rings. The second-order valence-corrected chi connectivity index (χ2v) is 5.75. The quantitative estimate of drug-likeness (QED) is 0.452. The molecule has 1 aromatic heterocycles. The summed E-state index contributed by atoms with van der Waals surface area (Å²) in [7, 11) is 0. The van der Waals surface area contributed by atoms with E-state index in [0.29, 0.717) is 6.61 Å². The smallest absolute Gasteiger partial charge is 0.171 e. The van der Waals surface area contributed by atoms with Crippen LogP contribution in [0, 0.1) is 0 Å². The van der Waals surface area contributed by atoms with Crippen LogP contribution < -0.4 is 17.0 Å². The highest BCUT2D eigenvalue weighted by Gasteiger charge is 2.02. The first kappa shape index (κ1) is 20.4. The number of unbranched alkanes of at least 4 members (excludes halogenated alkanes) is 7. The minimum Gasteiger partial charge on any atom is -1.00 e. The van der Waals surface area contributed by atoms with Crippen LogP contribution in [-0.4, -0.2) is 11.7 Å². The van der Waals surface area contributed by atoms with Gasteiger partial charge in [0, 0.05) is 24.7 Å². The molecule has 0 aliphatic heterocycles. The van der Waals surface area contributed by atoms with E-state index < -0.39 is 0 Å². The number of hydrogen-bond donors (Lipinski definition) is 1. The molecule has 0 amide bonds. The zero-order valence-corrected chi connectivity index (χ0v) is 14.3. The minimum absolute atomic E-state index is 0. The lowest BCUT2D eigenvalue weighted by atomic mass is 10.1. The lowest BCUT2D eigenvalue weighted by Gasteiger charge is -2.02. The predicted octanol–water partition coefficient (Wildman–Crippen LogP) is 1.04. The topological polar surface area (TPSA) is 24.1 Å². The van der Waals surface area contributed by atoms with Crippen molar-refractivity contribution in [3.05, 3.63) is 30.1 Å². The molecule has 1 N–H and O–H groups in total. The Morgan fingerprint density at radius 1 is 0.952 bits per heavy atom. The summed E-state index contributed by atoms with van der Waals surface area (Å²) in [6.45, 7) is 3.74. The van der Waals surface area contributed by atoms with Crippen LogP contribution in [-0.2, 0) is 13.0 Å². The molecule has 0 spiro atoms. The molecule has 1 heterocycles. The van der Waals surface area contributed by atoms with Crippen LogP contribution in [0.1, 0.15) is 70.3 Å². The first-order valence-corrected chi connectivity index (χ1v) is 8.45. The third-order valence-corrected chi connectivity index (χ3v) is 3.78. The van der Waals surface area contributed by atoms with Gasteiger partial charge in [-0.1, -0.05) is 45.4 Å². The molecule has 1 rings (SSSR count). The summed E-state index contributed by atoms with van der Waals surface area (Å²) in [5.74, 6) is 0. The number of aromatic nitrogens is 1. The largest absolute Gasteiger partial charge is 1.00 e. The number of halogens is 1. The second kappa shape index (κ2) is 14.3. The maximum Gasteiger partial charge on any atom is 0.171 e. The Morgan fingerprint density at radius 2 is 1.57 bits per heavy atom. The summed E-state index contributed by atoms with van der Waals surface area (Å²) in [5.41, 5.74) is 1.46. The summed E-state index contributed by atoms with van der Waals surface area (Å²) >= 11 is 0. The van der Waals surface area contributed by atoms with Gasteiger partial charge in [0.1, 0.15) is 6.54 Å². The van der Waals surface area contributed by atoms with Crippen molar-refractivity contribution in [2.24, 2.45) is 0 Å². The van der Waals surface area contributed by atoms with Crippen LogP contribution >= 0.6 is 0 Å². The van der Waals surface area contributed by atoms with Gasteiger partial charge in [0.05, 0.1) is 0 Å². The molecule has 0 aliphatic rings. The molecule has 122 valence electrons. The van der Waals surface area contributed by atoms with Gasteiger partial charge in [0.25, 0.3) is 0 Å². The molecule has 0 saturated carbocycles. The molecule has 0 aliphatic carbocycles. The molecule has 21 heavy (non-hydrogen) atoms. The van der Waals surface area contributed by atoms with E-state index in [9.17, 15) is 0 Å². The average Bonchev–Trinajstić information content (AvgIpc) is 2.46. The molecular formula is C18H32ClNO. The van der Waals surface area contributed by atoms with Crippen molar-refractivity contribution in [1.82, 2.24) is 0 Å². The average molecular weight is 314 g/mol. The van der Waals surface area contributed by atoms with Gasteiger partial charge in [0.15, 0.2) is 12.4 Å².